The first-order chi connectivity index (χ1) is 7.19. The highest BCUT2D eigenvalue weighted by atomic mass is 16.6. The summed E-state index contributed by atoms with van der Waals surface area (Å²) in [5.74, 6) is 2.37. The molecule has 1 heterocycles. The van der Waals surface area contributed by atoms with Gasteiger partial charge in [-0.15, -0.1) is 0 Å². The van der Waals surface area contributed by atoms with E-state index in [0.29, 0.717) is 5.92 Å². The van der Waals surface area contributed by atoms with Crippen LogP contribution in [0.2, 0.25) is 0 Å². The molecule has 1 aliphatic carbocycles. The van der Waals surface area contributed by atoms with Crippen LogP contribution in [0.4, 0.5) is 0 Å². The Balaban J connectivity index is 1.93. The molecule has 2 nitrogen and oxygen atoms in total. The molecule has 0 amide bonds. The van der Waals surface area contributed by atoms with E-state index in [1.165, 1.54) is 5.56 Å². The molecule has 0 saturated heterocycles. The number of rotatable bonds is 1. The number of hydrogen-bond donors (Lipinski definition) is 0. The summed E-state index contributed by atoms with van der Waals surface area (Å²) in [5.41, 5.74) is 1.34. The van der Waals surface area contributed by atoms with Gasteiger partial charge in [0.15, 0.2) is 11.5 Å². The molecule has 1 spiro atoms. The zero-order valence-electron chi connectivity index (χ0n) is 9.25. The summed E-state index contributed by atoms with van der Waals surface area (Å²) < 4.78 is 11.7. The maximum Gasteiger partial charge on any atom is 0.162 e. The smallest absolute Gasteiger partial charge is 0.162 e. The van der Waals surface area contributed by atoms with Gasteiger partial charge in [-0.2, -0.15) is 0 Å². The lowest BCUT2D eigenvalue weighted by Crippen LogP contribution is -2.30. The molecule has 80 valence electrons. The van der Waals surface area contributed by atoms with Crippen molar-refractivity contribution in [1.82, 2.24) is 0 Å². The van der Waals surface area contributed by atoms with Gasteiger partial charge in [0.2, 0.25) is 0 Å². The van der Waals surface area contributed by atoms with Crippen molar-refractivity contribution in [2.75, 3.05) is 6.61 Å². The monoisotopic (exact) mass is 204 g/mol. The lowest BCUT2D eigenvalue weighted by atomic mass is 10.0. The van der Waals surface area contributed by atoms with Gasteiger partial charge in [0.05, 0.1) is 0 Å². The Bertz CT molecular complexity index is 392. The van der Waals surface area contributed by atoms with E-state index >= 15 is 0 Å². The zero-order chi connectivity index (χ0) is 10.5. The lowest BCUT2D eigenvalue weighted by Gasteiger charge is -2.27. The van der Waals surface area contributed by atoms with Crippen LogP contribution in [0.5, 0.6) is 11.5 Å². The third kappa shape index (κ3) is 1.48. The zero-order valence-corrected chi connectivity index (χ0v) is 9.25. The highest BCUT2D eigenvalue weighted by Crippen LogP contribution is 2.47. The van der Waals surface area contributed by atoms with E-state index in [4.69, 9.17) is 9.47 Å². The standard InChI is InChI=1S/C13H16O2/c1-9(2)10-3-4-11-12(7-10)14-8-13(15-11)5-6-13/h3-4,7,9H,5-6,8H2,1-2H3. The van der Waals surface area contributed by atoms with E-state index in [-0.39, 0.29) is 5.60 Å². The van der Waals surface area contributed by atoms with Gasteiger partial charge in [-0.05, 0) is 36.5 Å². The predicted molar refractivity (Wildman–Crippen MR) is 58.6 cm³/mol. The number of benzene rings is 1. The maximum atomic E-state index is 5.94. The molecule has 1 saturated carbocycles. The third-order valence-corrected chi connectivity index (χ3v) is 3.26. The molecular weight excluding hydrogens is 188 g/mol. The molecule has 3 rings (SSSR count). The first-order valence-corrected chi connectivity index (χ1v) is 5.64. The number of hydrogen-bond acceptors (Lipinski definition) is 2. The molecular formula is C13H16O2. The summed E-state index contributed by atoms with van der Waals surface area (Å²) >= 11 is 0. The molecule has 0 N–H and O–H groups in total. The largest absolute Gasteiger partial charge is 0.486 e. The van der Waals surface area contributed by atoms with Crippen molar-refractivity contribution in [3.8, 4) is 11.5 Å². The topological polar surface area (TPSA) is 18.5 Å². The minimum atomic E-state index is 0.0341. The molecule has 1 fully saturated rings. The molecule has 0 bridgehead atoms. The Morgan fingerprint density at radius 3 is 2.67 bits per heavy atom. The van der Waals surface area contributed by atoms with Crippen LogP contribution in [0.3, 0.4) is 0 Å². The van der Waals surface area contributed by atoms with Crippen molar-refractivity contribution >= 4 is 0 Å². The summed E-state index contributed by atoms with van der Waals surface area (Å²) in [6, 6.07) is 6.29. The van der Waals surface area contributed by atoms with Gasteiger partial charge in [-0.25, -0.2) is 0 Å². The van der Waals surface area contributed by atoms with E-state index in [9.17, 15) is 0 Å². The molecule has 2 heteroatoms. The summed E-state index contributed by atoms with van der Waals surface area (Å²) in [4.78, 5) is 0. The Kier molecular flexibility index (Phi) is 1.76. The van der Waals surface area contributed by atoms with Crippen LogP contribution in [0.1, 0.15) is 38.2 Å². The number of ether oxygens (including phenoxy) is 2. The molecule has 1 aliphatic heterocycles. The van der Waals surface area contributed by atoms with E-state index in [1.54, 1.807) is 0 Å². The molecule has 15 heavy (non-hydrogen) atoms. The summed E-state index contributed by atoms with van der Waals surface area (Å²) in [6.07, 6.45) is 2.27. The quantitative estimate of drug-likeness (QED) is 0.699. The van der Waals surface area contributed by atoms with Gasteiger partial charge in [-0.1, -0.05) is 19.9 Å². The summed E-state index contributed by atoms with van der Waals surface area (Å²) in [7, 11) is 0. The van der Waals surface area contributed by atoms with Crippen molar-refractivity contribution < 1.29 is 9.47 Å². The van der Waals surface area contributed by atoms with Crippen LogP contribution in [0.25, 0.3) is 0 Å². The first kappa shape index (κ1) is 9.08. The van der Waals surface area contributed by atoms with Crippen molar-refractivity contribution in [2.24, 2.45) is 0 Å². The Morgan fingerprint density at radius 1 is 1.20 bits per heavy atom. The summed E-state index contributed by atoms with van der Waals surface area (Å²) in [6.45, 7) is 5.10. The molecule has 0 aromatic heterocycles. The Hall–Kier alpha value is -1.18. The minimum absolute atomic E-state index is 0.0341. The van der Waals surface area contributed by atoms with Crippen molar-refractivity contribution in [3.05, 3.63) is 23.8 Å². The van der Waals surface area contributed by atoms with E-state index in [1.807, 2.05) is 6.07 Å². The minimum Gasteiger partial charge on any atom is -0.486 e. The van der Waals surface area contributed by atoms with Gasteiger partial charge < -0.3 is 9.47 Å². The van der Waals surface area contributed by atoms with Gasteiger partial charge >= 0.3 is 0 Å². The number of fused-ring (bicyclic) bond motifs is 1. The SMILES string of the molecule is CC(C)c1ccc2c(c1)OCC1(CC1)O2. The molecule has 2 aliphatic rings. The van der Waals surface area contributed by atoms with Gasteiger partial charge in [0.25, 0.3) is 0 Å². The predicted octanol–water partition coefficient (Wildman–Crippen LogP) is 3.11. The van der Waals surface area contributed by atoms with E-state index in [2.05, 4.69) is 26.0 Å². The third-order valence-electron chi connectivity index (χ3n) is 3.26. The average molecular weight is 204 g/mol. The normalized spacial score (nSPS) is 20.7. The highest BCUT2D eigenvalue weighted by molar-refractivity contribution is 5.46. The van der Waals surface area contributed by atoms with E-state index < -0.39 is 0 Å². The van der Waals surface area contributed by atoms with Crippen molar-refractivity contribution in [2.45, 2.75) is 38.2 Å². The second-order valence-electron chi connectivity index (χ2n) is 4.93. The molecule has 0 radical (unpaired) electrons. The van der Waals surface area contributed by atoms with E-state index in [0.717, 1.165) is 30.9 Å². The van der Waals surface area contributed by atoms with Crippen LogP contribution in [0.15, 0.2) is 18.2 Å². The second-order valence-corrected chi connectivity index (χ2v) is 4.93. The van der Waals surface area contributed by atoms with Gasteiger partial charge in [-0.3, -0.25) is 0 Å². The van der Waals surface area contributed by atoms with Crippen molar-refractivity contribution in [3.63, 3.8) is 0 Å². The maximum absolute atomic E-state index is 5.94. The van der Waals surface area contributed by atoms with Crippen LogP contribution in [-0.2, 0) is 0 Å². The van der Waals surface area contributed by atoms with Crippen molar-refractivity contribution in [1.29, 1.82) is 0 Å². The Labute approximate surface area is 90.2 Å². The fraction of sp³-hybridized carbons (Fsp3) is 0.538. The molecule has 0 unspecified atom stereocenters. The van der Waals surface area contributed by atoms with Gasteiger partial charge in [0.1, 0.15) is 12.2 Å². The van der Waals surface area contributed by atoms with Gasteiger partial charge in [0, 0.05) is 0 Å². The average Bonchev–Trinajstić information content (AvgIpc) is 2.97. The molecule has 1 aromatic carbocycles. The molecule has 1 aromatic rings. The Morgan fingerprint density at radius 2 is 2.00 bits per heavy atom. The van der Waals surface area contributed by atoms with Crippen LogP contribution >= 0.6 is 0 Å². The van der Waals surface area contributed by atoms with Crippen LogP contribution in [-0.4, -0.2) is 12.2 Å². The second kappa shape index (κ2) is 2.91. The highest BCUT2D eigenvalue weighted by Gasteiger charge is 2.49. The fourth-order valence-electron chi connectivity index (χ4n) is 1.94. The summed E-state index contributed by atoms with van der Waals surface area (Å²) in [5, 5.41) is 0. The van der Waals surface area contributed by atoms with Crippen LogP contribution in [0, 0.1) is 0 Å². The lowest BCUT2D eigenvalue weighted by molar-refractivity contribution is 0.0716. The molecule has 0 atom stereocenters. The van der Waals surface area contributed by atoms with Crippen LogP contribution < -0.4 is 9.47 Å². The fourth-order valence-corrected chi connectivity index (χ4v) is 1.94. The first-order valence-electron chi connectivity index (χ1n) is 5.64.